The van der Waals surface area contributed by atoms with Gasteiger partial charge in [-0.25, -0.2) is 0 Å². The molecule has 0 aliphatic carbocycles. The molecule has 0 unspecified atom stereocenters. The Hall–Kier alpha value is 0.770. The predicted octanol–water partition coefficient (Wildman–Crippen LogP) is 3.64. The van der Waals surface area contributed by atoms with E-state index in [1.807, 2.05) is 6.07 Å². The maximum atomic E-state index is 5.75. The summed E-state index contributed by atoms with van der Waals surface area (Å²) in [5.41, 5.74) is 1.12. The van der Waals surface area contributed by atoms with E-state index in [4.69, 9.17) is 16.3 Å². The minimum atomic E-state index is 0.533. The first kappa shape index (κ1) is 10.8. The second kappa shape index (κ2) is 4.85. The summed E-state index contributed by atoms with van der Waals surface area (Å²) >= 11 is 10.3. The van der Waals surface area contributed by atoms with E-state index in [0.717, 1.165) is 14.9 Å². The molecule has 0 saturated heterocycles. The zero-order chi connectivity index (χ0) is 9.14. The van der Waals surface area contributed by atoms with Crippen molar-refractivity contribution >= 4 is 56.8 Å². The highest BCUT2D eigenvalue weighted by molar-refractivity contribution is 14.1. The zero-order valence-corrected chi connectivity index (χ0v) is 11.5. The molecular formula is C8H7ClI2O. The molecule has 0 bridgehead atoms. The molecule has 66 valence electrons. The normalized spacial score (nSPS) is 10.0. The quantitative estimate of drug-likeness (QED) is 0.536. The van der Waals surface area contributed by atoms with Crippen LogP contribution in [0.3, 0.4) is 0 Å². The summed E-state index contributed by atoms with van der Waals surface area (Å²) < 4.78 is 7.48. The lowest BCUT2D eigenvalue weighted by Crippen LogP contribution is -1.91. The third-order valence-electron chi connectivity index (χ3n) is 1.46. The van der Waals surface area contributed by atoms with Gasteiger partial charge in [0.25, 0.3) is 0 Å². The van der Waals surface area contributed by atoms with E-state index in [2.05, 4.69) is 51.2 Å². The first-order valence-corrected chi connectivity index (χ1v) is 5.96. The van der Waals surface area contributed by atoms with Crippen LogP contribution in [-0.4, -0.2) is 7.11 Å². The van der Waals surface area contributed by atoms with Crippen molar-refractivity contribution in [1.82, 2.24) is 0 Å². The van der Waals surface area contributed by atoms with Gasteiger partial charge in [0.05, 0.1) is 10.7 Å². The van der Waals surface area contributed by atoms with Crippen molar-refractivity contribution in [2.75, 3.05) is 7.11 Å². The van der Waals surface area contributed by atoms with Gasteiger partial charge in [0.1, 0.15) is 5.75 Å². The number of halogens is 3. The predicted molar refractivity (Wildman–Crippen MR) is 68.0 cm³/mol. The highest BCUT2D eigenvalue weighted by Crippen LogP contribution is 2.26. The largest absolute Gasteiger partial charge is 0.496 e. The lowest BCUT2D eigenvalue weighted by Gasteiger charge is -2.06. The highest BCUT2D eigenvalue weighted by Gasteiger charge is 2.05. The van der Waals surface area contributed by atoms with Crippen LogP contribution in [0.2, 0.25) is 0 Å². The van der Waals surface area contributed by atoms with Gasteiger partial charge in [-0.05, 0) is 62.9 Å². The monoisotopic (exact) mass is 408 g/mol. The molecular weight excluding hydrogens is 401 g/mol. The van der Waals surface area contributed by atoms with Crippen LogP contribution < -0.4 is 4.74 Å². The van der Waals surface area contributed by atoms with Gasteiger partial charge in [0.2, 0.25) is 0 Å². The van der Waals surface area contributed by atoms with Gasteiger partial charge in [0.15, 0.2) is 0 Å². The fourth-order valence-corrected chi connectivity index (χ4v) is 3.22. The molecule has 1 aromatic rings. The Kier molecular flexibility index (Phi) is 4.39. The van der Waals surface area contributed by atoms with Gasteiger partial charge in [0, 0.05) is 9.45 Å². The maximum absolute atomic E-state index is 5.75. The van der Waals surface area contributed by atoms with Crippen molar-refractivity contribution in [1.29, 1.82) is 0 Å². The molecule has 0 amide bonds. The van der Waals surface area contributed by atoms with Crippen LogP contribution in [-0.2, 0) is 5.88 Å². The van der Waals surface area contributed by atoms with Gasteiger partial charge in [-0.1, -0.05) is 0 Å². The first-order valence-electron chi connectivity index (χ1n) is 3.27. The van der Waals surface area contributed by atoms with Gasteiger partial charge < -0.3 is 4.74 Å². The summed E-state index contributed by atoms with van der Waals surface area (Å²) in [7, 11) is 1.67. The lowest BCUT2D eigenvalue weighted by molar-refractivity contribution is 0.411. The van der Waals surface area contributed by atoms with E-state index in [9.17, 15) is 0 Å². The van der Waals surface area contributed by atoms with Crippen LogP contribution in [0.5, 0.6) is 5.75 Å². The Bertz CT molecular complexity index is 263. The van der Waals surface area contributed by atoms with Crippen LogP contribution >= 0.6 is 56.8 Å². The van der Waals surface area contributed by atoms with E-state index in [-0.39, 0.29) is 0 Å². The third-order valence-corrected chi connectivity index (χ3v) is 3.60. The summed E-state index contributed by atoms with van der Waals surface area (Å²) in [6.07, 6.45) is 0. The van der Waals surface area contributed by atoms with E-state index in [0.29, 0.717) is 5.88 Å². The second-order valence-electron chi connectivity index (χ2n) is 2.21. The number of hydrogen-bond acceptors (Lipinski definition) is 1. The summed E-state index contributed by atoms with van der Waals surface area (Å²) in [6.45, 7) is 0. The van der Waals surface area contributed by atoms with Crippen molar-refractivity contribution in [3.8, 4) is 5.75 Å². The van der Waals surface area contributed by atoms with E-state index in [1.165, 1.54) is 3.57 Å². The average Bonchev–Trinajstić information content (AvgIpc) is 2.05. The summed E-state index contributed by atoms with van der Waals surface area (Å²) in [5, 5.41) is 0. The number of alkyl halides is 1. The van der Waals surface area contributed by atoms with E-state index in [1.54, 1.807) is 7.11 Å². The van der Waals surface area contributed by atoms with E-state index < -0.39 is 0 Å². The Balaban J connectivity index is 3.18. The Morgan fingerprint density at radius 3 is 2.50 bits per heavy atom. The SMILES string of the molecule is COc1cc(CCl)c(I)cc1I. The fourth-order valence-electron chi connectivity index (χ4n) is 0.830. The molecule has 12 heavy (non-hydrogen) atoms. The summed E-state index contributed by atoms with van der Waals surface area (Å²) in [5.74, 6) is 1.43. The van der Waals surface area contributed by atoms with Crippen LogP contribution in [0, 0.1) is 7.14 Å². The average molecular weight is 408 g/mol. The Labute approximate surface area is 104 Å². The molecule has 1 aromatic carbocycles. The highest BCUT2D eigenvalue weighted by atomic mass is 127. The molecule has 0 N–H and O–H groups in total. The standard InChI is InChI=1S/C8H7ClI2O/c1-12-8-2-5(4-9)6(10)3-7(8)11/h2-3H,4H2,1H3. The molecule has 0 aromatic heterocycles. The molecule has 0 atom stereocenters. The first-order chi connectivity index (χ1) is 5.69. The molecule has 1 rings (SSSR count). The van der Waals surface area contributed by atoms with Crippen molar-refractivity contribution < 1.29 is 4.74 Å². The molecule has 0 spiro atoms. The van der Waals surface area contributed by atoms with E-state index >= 15 is 0 Å². The zero-order valence-electron chi connectivity index (χ0n) is 6.40. The Morgan fingerprint density at radius 1 is 1.33 bits per heavy atom. The molecule has 0 fully saturated rings. The molecule has 0 heterocycles. The van der Waals surface area contributed by atoms with Crippen LogP contribution in [0.4, 0.5) is 0 Å². The van der Waals surface area contributed by atoms with Crippen LogP contribution in [0.1, 0.15) is 5.56 Å². The fraction of sp³-hybridized carbons (Fsp3) is 0.250. The summed E-state index contributed by atoms with van der Waals surface area (Å²) in [4.78, 5) is 0. The minimum Gasteiger partial charge on any atom is -0.496 e. The number of hydrogen-bond donors (Lipinski definition) is 0. The van der Waals surface area contributed by atoms with Gasteiger partial charge >= 0.3 is 0 Å². The smallest absolute Gasteiger partial charge is 0.132 e. The maximum Gasteiger partial charge on any atom is 0.132 e. The Morgan fingerprint density at radius 2 is 2.00 bits per heavy atom. The van der Waals surface area contributed by atoms with Crippen molar-refractivity contribution in [2.45, 2.75) is 5.88 Å². The molecule has 1 nitrogen and oxygen atoms in total. The molecule has 0 aliphatic rings. The molecule has 0 saturated carbocycles. The number of ether oxygens (including phenoxy) is 1. The van der Waals surface area contributed by atoms with Crippen molar-refractivity contribution in [2.24, 2.45) is 0 Å². The van der Waals surface area contributed by atoms with Gasteiger partial charge in [-0.3, -0.25) is 0 Å². The number of methoxy groups -OCH3 is 1. The number of rotatable bonds is 2. The van der Waals surface area contributed by atoms with Gasteiger partial charge in [-0.2, -0.15) is 0 Å². The molecule has 0 aliphatic heterocycles. The van der Waals surface area contributed by atoms with Crippen molar-refractivity contribution in [3.05, 3.63) is 24.8 Å². The number of benzene rings is 1. The van der Waals surface area contributed by atoms with Crippen LogP contribution in [0.15, 0.2) is 12.1 Å². The minimum absolute atomic E-state index is 0.533. The molecule has 4 heteroatoms. The van der Waals surface area contributed by atoms with Crippen molar-refractivity contribution in [3.63, 3.8) is 0 Å². The van der Waals surface area contributed by atoms with Gasteiger partial charge in [-0.15, -0.1) is 11.6 Å². The second-order valence-corrected chi connectivity index (χ2v) is 4.80. The molecule has 0 radical (unpaired) electrons. The summed E-state index contributed by atoms with van der Waals surface area (Å²) in [6, 6.07) is 4.05. The lowest BCUT2D eigenvalue weighted by atomic mass is 10.2. The van der Waals surface area contributed by atoms with Crippen LogP contribution in [0.25, 0.3) is 0 Å². The topological polar surface area (TPSA) is 9.23 Å². The third kappa shape index (κ3) is 2.38.